The van der Waals surface area contributed by atoms with Crippen molar-refractivity contribution >= 4 is 17.5 Å². The third-order valence-corrected chi connectivity index (χ3v) is 4.67. The molecule has 1 fully saturated rings. The van der Waals surface area contributed by atoms with E-state index in [-0.39, 0.29) is 18.0 Å². The quantitative estimate of drug-likeness (QED) is 0.682. The molecule has 0 saturated carbocycles. The Hall–Kier alpha value is -2.97. The molecule has 1 amide bonds. The Balaban J connectivity index is 1.45. The van der Waals surface area contributed by atoms with Crippen molar-refractivity contribution in [2.24, 2.45) is 0 Å². The van der Waals surface area contributed by atoms with Crippen LogP contribution in [0.3, 0.4) is 0 Å². The van der Waals surface area contributed by atoms with Gasteiger partial charge in [-0.25, -0.2) is 15.0 Å². The highest BCUT2D eigenvalue weighted by molar-refractivity contribution is 5.75. The molecule has 2 N–H and O–H groups in total. The summed E-state index contributed by atoms with van der Waals surface area (Å²) < 4.78 is 1.32. The predicted molar refractivity (Wildman–Crippen MR) is 103 cm³/mol. The summed E-state index contributed by atoms with van der Waals surface area (Å²) >= 11 is 0. The largest absolute Gasteiger partial charge is 0.368 e. The van der Waals surface area contributed by atoms with Crippen molar-refractivity contribution in [1.82, 2.24) is 24.8 Å². The molecular formula is C18H25N7O2. The molecule has 0 aromatic carbocycles. The highest BCUT2D eigenvalue weighted by Crippen LogP contribution is 2.18. The van der Waals surface area contributed by atoms with Crippen molar-refractivity contribution in [3.8, 4) is 0 Å². The van der Waals surface area contributed by atoms with E-state index in [1.165, 1.54) is 23.7 Å². The fourth-order valence-corrected chi connectivity index (χ4v) is 2.95. The number of nitrogens with one attached hydrogen (secondary N) is 2. The molecule has 144 valence electrons. The van der Waals surface area contributed by atoms with Crippen molar-refractivity contribution in [1.29, 1.82) is 0 Å². The van der Waals surface area contributed by atoms with Gasteiger partial charge < -0.3 is 15.5 Å². The van der Waals surface area contributed by atoms with Crippen molar-refractivity contribution in [3.63, 3.8) is 0 Å². The van der Waals surface area contributed by atoms with E-state index < -0.39 is 0 Å². The lowest BCUT2D eigenvalue weighted by Crippen LogP contribution is -2.35. The lowest BCUT2D eigenvalue weighted by atomic mass is 10.3. The molecule has 2 aromatic heterocycles. The second-order valence-electron chi connectivity index (χ2n) is 6.62. The van der Waals surface area contributed by atoms with E-state index in [9.17, 15) is 9.59 Å². The molecule has 0 bridgehead atoms. The van der Waals surface area contributed by atoms with Gasteiger partial charge in [0.1, 0.15) is 24.5 Å². The summed E-state index contributed by atoms with van der Waals surface area (Å²) in [4.78, 5) is 39.0. The van der Waals surface area contributed by atoms with E-state index in [0.29, 0.717) is 24.3 Å². The molecule has 9 nitrogen and oxygen atoms in total. The predicted octanol–water partition coefficient (Wildman–Crippen LogP) is 0.479. The summed E-state index contributed by atoms with van der Waals surface area (Å²) in [6.45, 7) is 6.45. The molecule has 9 heteroatoms. The maximum atomic E-state index is 12.1. The highest BCUT2D eigenvalue weighted by Gasteiger charge is 2.14. The van der Waals surface area contributed by atoms with Gasteiger partial charge in [0, 0.05) is 43.5 Å². The van der Waals surface area contributed by atoms with E-state index in [4.69, 9.17) is 0 Å². The van der Waals surface area contributed by atoms with Crippen LogP contribution in [-0.2, 0) is 11.3 Å². The number of hydrogen-bond donors (Lipinski definition) is 2. The zero-order chi connectivity index (χ0) is 19.2. The molecule has 3 rings (SSSR count). The van der Waals surface area contributed by atoms with Crippen LogP contribution in [0.25, 0.3) is 0 Å². The van der Waals surface area contributed by atoms with E-state index >= 15 is 0 Å². The monoisotopic (exact) mass is 371 g/mol. The van der Waals surface area contributed by atoms with Crippen LogP contribution in [0.15, 0.2) is 23.5 Å². The summed E-state index contributed by atoms with van der Waals surface area (Å²) in [6.07, 6.45) is 5.34. The van der Waals surface area contributed by atoms with Crippen LogP contribution in [0.2, 0.25) is 0 Å². The molecule has 1 aliphatic heterocycles. The number of anilines is 2. The normalized spacial score (nSPS) is 13.6. The number of nitrogens with zero attached hydrogens (tertiary/aromatic N) is 5. The molecule has 1 saturated heterocycles. The van der Waals surface area contributed by atoms with Gasteiger partial charge in [0.15, 0.2) is 0 Å². The fraction of sp³-hybridized carbons (Fsp3) is 0.500. The second kappa shape index (κ2) is 8.61. The minimum atomic E-state index is -0.232. The van der Waals surface area contributed by atoms with E-state index in [1.54, 1.807) is 20.2 Å². The van der Waals surface area contributed by atoms with Crippen molar-refractivity contribution in [2.75, 3.05) is 36.4 Å². The SMILES string of the molecule is Cc1ncn(CC(=O)NCCNc2cc(N3CCCC3)ncn2)c(=O)c1C. The van der Waals surface area contributed by atoms with E-state index in [1.807, 2.05) is 6.07 Å². The maximum absolute atomic E-state index is 12.1. The highest BCUT2D eigenvalue weighted by atomic mass is 16.2. The summed E-state index contributed by atoms with van der Waals surface area (Å²) in [5, 5.41) is 5.97. The van der Waals surface area contributed by atoms with Gasteiger partial charge in [-0.2, -0.15) is 0 Å². The topological polar surface area (TPSA) is 105 Å². The summed E-state index contributed by atoms with van der Waals surface area (Å²) in [6, 6.07) is 1.92. The molecule has 0 unspecified atom stereocenters. The summed E-state index contributed by atoms with van der Waals surface area (Å²) in [7, 11) is 0. The Morgan fingerprint density at radius 3 is 2.70 bits per heavy atom. The number of carbonyl (C=O) groups excluding carboxylic acids is 1. The number of rotatable bonds is 7. The third-order valence-electron chi connectivity index (χ3n) is 4.67. The van der Waals surface area contributed by atoms with Crippen LogP contribution in [0, 0.1) is 13.8 Å². The molecule has 0 spiro atoms. The Morgan fingerprint density at radius 2 is 1.93 bits per heavy atom. The van der Waals surface area contributed by atoms with Crippen LogP contribution in [0.4, 0.5) is 11.6 Å². The first-order valence-corrected chi connectivity index (χ1v) is 9.15. The lowest BCUT2D eigenvalue weighted by Gasteiger charge is -2.16. The van der Waals surface area contributed by atoms with Crippen LogP contribution >= 0.6 is 0 Å². The number of amides is 1. The molecule has 1 aliphatic rings. The Morgan fingerprint density at radius 1 is 1.15 bits per heavy atom. The van der Waals surface area contributed by atoms with Gasteiger partial charge in [-0.1, -0.05) is 0 Å². The first-order valence-electron chi connectivity index (χ1n) is 9.15. The Labute approximate surface area is 157 Å². The van der Waals surface area contributed by atoms with Crippen LogP contribution in [-0.4, -0.2) is 51.6 Å². The molecular weight excluding hydrogens is 346 g/mol. The average molecular weight is 371 g/mol. The molecule has 3 heterocycles. The van der Waals surface area contributed by atoms with Gasteiger partial charge in [-0.15, -0.1) is 0 Å². The molecule has 2 aromatic rings. The van der Waals surface area contributed by atoms with Crippen molar-refractivity contribution in [2.45, 2.75) is 33.2 Å². The minimum absolute atomic E-state index is 0.0421. The molecule has 27 heavy (non-hydrogen) atoms. The first-order chi connectivity index (χ1) is 13.0. The lowest BCUT2D eigenvalue weighted by molar-refractivity contribution is -0.121. The van der Waals surface area contributed by atoms with Gasteiger partial charge in [-0.3, -0.25) is 14.2 Å². The maximum Gasteiger partial charge on any atom is 0.256 e. The standard InChI is InChI=1S/C18H25N7O2/c1-13-14(2)23-12-25(18(13)27)10-17(26)20-6-5-19-15-9-16(22-11-21-15)24-7-3-4-8-24/h9,11-12H,3-8,10H2,1-2H3,(H,20,26)(H,19,21,22). The minimum Gasteiger partial charge on any atom is -0.368 e. The molecule has 0 atom stereocenters. The zero-order valence-electron chi connectivity index (χ0n) is 15.7. The van der Waals surface area contributed by atoms with Crippen molar-refractivity contribution in [3.05, 3.63) is 40.3 Å². The molecule has 0 radical (unpaired) electrons. The number of carbonyl (C=O) groups is 1. The second-order valence-corrected chi connectivity index (χ2v) is 6.62. The number of aromatic nitrogens is 4. The summed E-state index contributed by atoms with van der Waals surface area (Å²) in [5.74, 6) is 1.43. The third kappa shape index (κ3) is 4.81. The molecule has 0 aliphatic carbocycles. The Kier molecular flexibility index (Phi) is 6.00. The van der Waals surface area contributed by atoms with Crippen molar-refractivity contribution < 1.29 is 4.79 Å². The Bertz CT molecular complexity index is 859. The van der Waals surface area contributed by atoms with E-state index in [2.05, 4.69) is 30.5 Å². The van der Waals surface area contributed by atoms with Gasteiger partial charge >= 0.3 is 0 Å². The fourth-order valence-electron chi connectivity index (χ4n) is 2.95. The van der Waals surface area contributed by atoms with Gasteiger partial charge in [-0.05, 0) is 26.7 Å². The van der Waals surface area contributed by atoms with Crippen LogP contribution < -0.4 is 21.1 Å². The van der Waals surface area contributed by atoms with Gasteiger partial charge in [0.05, 0.1) is 6.33 Å². The smallest absolute Gasteiger partial charge is 0.256 e. The first kappa shape index (κ1) is 18.8. The van der Waals surface area contributed by atoms with Gasteiger partial charge in [0.2, 0.25) is 5.91 Å². The van der Waals surface area contributed by atoms with E-state index in [0.717, 1.165) is 24.7 Å². The summed E-state index contributed by atoms with van der Waals surface area (Å²) in [5.41, 5.74) is 1.05. The number of hydrogen-bond acceptors (Lipinski definition) is 7. The number of aryl methyl sites for hydroxylation is 1. The van der Waals surface area contributed by atoms with Crippen LogP contribution in [0.5, 0.6) is 0 Å². The zero-order valence-corrected chi connectivity index (χ0v) is 15.7. The van der Waals surface area contributed by atoms with Gasteiger partial charge in [0.25, 0.3) is 5.56 Å². The van der Waals surface area contributed by atoms with Crippen LogP contribution in [0.1, 0.15) is 24.1 Å². The average Bonchev–Trinajstić information content (AvgIpc) is 3.21.